The number of pyridine rings is 1. The van der Waals surface area contributed by atoms with E-state index in [4.69, 9.17) is 5.73 Å². The average molecular weight is 249 g/mol. The molecule has 1 aromatic heterocycles. The number of nitrogens with zero attached hydrogens (tertiary/aromatic N) is 1. The Morgan fingerprint density at radius 1 is 1.50 bits per heavy atom. The summed E-state index contributed by atoms with van der Waals surface area (Å²) in [6.45, 7) is 6.75. The van der Waals surface area contributed by atoms with Gasteiger partial charge >= 0.3 is 0 Å². The smallest absolute Gasteiger partial charge is 0.224 e. The Morgan fingerprint density at radius 2 is 2.22 bits per heavy atom. The molecule has 0 bridgehead atoms. The first kappa shape index (κ1) is 14.6. The van der Waals surface area contributed by atoms with Crippen LogP contribution in [0.15, 0.2) is 18.3 Å². The van der Waals surface area contributed by atoms with Crippen molar-refractivity contribution in [3.05, 3.63) is 24.0 Å². The van der Waals surface area contributed by atoms with Crippen molar-refractivity contribution in [3.63, 3.8) is 0 Å². The van der Waals surface area contributed by atoms with E-state index in [1.54, 1.807) is 12.3 Å². The fourth-order valence-electron chi connectivity index (χ4n) is 2.03. The predicted molar refractivity (Wildman–Crippen MR) is 74.2 cm³/mol. The van der Waals surface area contributed by atoms with Crippen LogP contribution in [0.2, 0.25) is 0 Å². The number of amides is 1. The quantitative estimate of drug-likeness (QED) is 0.813. The number of carbonyl (C=O) groups is 1. The number of nitrogens with one attached hydrogen (secondary N) is 1. The van der Waals surface area contributed by atoms with Crippen molar-refractivity contribution in [1.29, 1.82) is 0 Å². The van der Waals surface area contributed by atoms with Crippen LogP contribution in [0.25, 0.3) is 0 Å². The second kappa shape index (κ2) is 7.11. The molecular weight excluding hydrogens is 226 g/mol. The molecule has 1 unspecified atom stereocenters. The van der Waals surface area contributed by atoms with Gasteiger partial charge in [-0.15, -0.1) is 0 Å². The molecule has 0 aliphatic carbocycles. The molecule has 18 heavy (non-hydrogen) atoms. The summed E-state index contributed by atoms with van der Waals surface area (Å²) in [6.07, 6.45) is 3.16. The Hall–Kier alpha value is -1.42. The van der Waals surface area contributed by atoms with Gasteiger partial charge in [-0.2, -0.15) is 0 Å². The van der Waals surface area contributed by atoms with Crippen molar-refractivity contribution in [2.75, 3.05) is 11.9 Å². The molecule has 4 nitrogen and oxygen atoms in total. The SMILES string of the molecule is Cc1cc(NC(=O)CC(CN)CC(C)C)ccn1. The Kier molecular flexibility index (Phi) is 5.78. The van der Waals surface area contributed by atoms with Crippen LogP contribution in [0, 0.1) is 18.8 Å². The predicted octanol–water partition coefficient (Wildman–Crippen LogP) is 2.34. The molecule has 1 heterocycles. The van der Waals surface area contributed by atoms with Gasteiger partial charge in [-0.1, -0.05) is 13.8 Å². The van der Waals surface area contributed by atoms with Gasteiger partial charge in [0.2, 0.25) is 5.91 Å². The standard InChI is InChI=1S/C14H23N3O/c1-10(2)6-12(9-15)8-14(18)17-13-4-5-16-11(3)7-13/h4-5,7,10,12H,6,8-9,15H2,1-3H3,(H,16,17,18). The highest BCUT2D eigenvalue weighted by Gasteiger charge is 2.14. The van der Waals surface area contributed by atoms with Crippen LogP contribution >= 0.6 is 0 Å². The van der Waals surface area contributed by atoms with Gasteiger partial charge < -0.3 is 11.1 Å². The highest BCUT2D eigenvalue weighted by molar-refractivity contribution is 5.90. The third kappa shape index (κ3) is 5.27. The summed E-state index contributed by atoms with van der Waals surface area (Å²) in [6, 6.07) is 3.66. The minimum absolute atomic E-state index is 0.0247. The molecule has 0 aliphatic rings. The van der Waals surface area contributed by atoms with Gasteiger partial charge in [0.15, 0.2) is 0 Å². The Labute approximate surface area is 109 Å². The fourth-order valence-corrected chi connectivity index (χ4v) is 2.03. The van der Waals surface area contributed by atoms with E-state index in [1.165, 1.54) is 0 Å². The first-order valence-corrected chi connectivity index (χ1v) is 6.43. The summed E-state index contributed by atoms with van der Waals surface area (Å²) < 4.78 is 0. The molecule has 0 saturated carbocycles. The maximum atomic E-state index is 11.9. The molecule has 0 aliphatic heterocycles. The van der Waals surface area contributed by atoms with Crippen LogP contribution in [-0.4, -0.2) is 17.4 Å². The van der Waals surface area contributed by atoms with Gasteiger partial charge in [-0.3, -0.25) is 9.78 Å². The van der Waals surface area contributed by atoms with E-state index in [9.17, 15) is 4.79 Å². The van der Waals surface area contributed by atoms with Crippen molar-refractivity contribution in [1.82, 2.24) is 4.98 Å². The second-order valence-corrected chi connectivity index (χ2v) is 5.17. The molecule has 4 heteroatoms. The molecule has 1 amide bonds. The van der Waals surface area contributed by atoms with Gasteiger partial charge in [-0.05, 0) is 43.9 Å². The zero-order valence-corrected chi connectivity index (χ0v) is 11.4. The minimum atomic E-state index is 0.0247. The third-order valence-electron chi connectivity index (χ3n) is 2.79. The van der Waals surface area contributed by atoms with E-state index < -0.39 is 0 Å². The number of aromatic nitrogens is 1. The molecule has 1 rings (SSSR count). The number of hydrogen-bond donors (Lipinski definition) is 2. The summed E-state index contributed by atoms with van der Waals surface area (Å²) in [4.78, 5) is 16.0. The lowest BCUT2D eigenvalue weighted by Crippen LogP contribution is -2.23. The lowest BCUT2D eigenvalue weighted by molar-refractivity contribution is -0.117. The van der Waals surface area contributed by atoms with Gasteiger partial charge in [0.05, 0.1) is 0 Å². The fraction of sp³-hybridized carbons (Fsp3) is 0.571. The minimum Gasteiger partial charge on any atom is -0.330 e. The topological polar surface area (TPSA) is 68.0 Å². The monoisotopic (exact) mass is 249 g/mol. The molecular formula is C14H23N3O. The van der Waals surface area contributed by atoms with Gasteiger partial charge in [-0.25, -0.2) is 0 Å². The molecule has 0 saturated heterocycles. The van der Waals surface area contributed by atoms with Crippen LogP contribution in [0.3, 0.4) is 0 Å². The highest BCUT2D eigenvalue weighted by Crippen LogP contribution is 2.15. The van der Waals surface area contributed by atoms with E-state index >= 15 is 0 Å². The van der Waals surface area contributed by atoms with E-state index in [-0.39, 0.29) is 11.8 Å². The van der Waals surface area contributed by atoms with Crippen LogP contribution in [-0.2, 0) is 4.79 Å². The lowest BCUT2D eigenvalue weighted by atomic mass is 9.94. The van der Waals surface area contributed by atoms with Crippen molar-refractivity contribution in [2.24, 2.45) is 17.6 Å². The summed E-state index contributed by atoms with van der Waals surface area (Å²) in [5.41, 5.74) is 7.39. The van der Waals surface area contributed by atoms with Gasteiger partial charge in [0.1, 0.15) is 0 Å². The molecule has 100 valence electrons. The zero-order chi connectivity index (χ0) is 13.5. The maximum absolute atomic E-state index is 11.9. The molecule has 0 spiro atoms. The first-order valence-electron chi connectivity index (χ1n) is 6.43. The molecule has 1 atom stereocenters. The summed E-state index contributed by atoms with van der Waals surface area (Å²) >= 11 is 0. The van der Waals surface area contributed by atoms with Crippen LogP contribution in [0.4, 0.5) is 5.69 Å². The second-order valence-electron chi connectivity index (χ2n) is 5.17. The van der Waals surface area contributed by atoms with E-state index in [0.717, 1.165) is 17.8 Å². The molecule has 0 radical (unpaired) electrons. The number of anilines is 1. The molecule has 0 fully saturated rings. The van der Waals surface area contributed by atoms with Gasteiger partial charge in [0.25, 0.3) is 0 Å². The van der Waals surface area contributed by atoms with Crippen molar-refractivity contribution in [2.45, 2.75) is 33.6 Å². The van der Waals surface area contributed by atoms with E-state index in [1.807, 2.05) is 13.0 Å². The maximum Gasteiger partial charge on any atom is 0.224 e. The highest BCUT2D eigenvalue weighted by atomic mass is 16.1. The van der Waals surface area contributed by atoms with Gasteiger partial charge in [0, 0.05) is 24.0 Å². The van der Waals surface area contributed by atoms with Crippen LogP contribution in [0.1, 0.15) is 32.4 Å². The Balaban J connectivity index is 2.50. The van der Waals surface area contributed by atoms with Crippen molar-refractivity contribution >= 4 is 11.6 Å². The number of nitrogens with two attached hydrogens (primary N) is 1. The zero-order valence-electron chi connectivity index (χ0n) is 11.4. The summed E-state index contributed by atoms with van der Waals surface area (Å²) in [5, 5.41) is 2.89. The Morgan fingerprint density at radius 3 is 2.78 bits per heavy atom. The van der Waals surface area contributed by atoms with Crippen LogP contribution in [0.5, 0.6) is 0 Å². The average Bonchev–Trinajstić information content (AvgIpc) is 2.27. The summed E-state index contributed by atoms with van der Waals surface area (Å²) in [5.74, 6) is 0.846. The van der Waals surface area contributed by atoms with E-state index in [2.05, 4.69) is 24.1 Å². The van der Waals surface area contributed by atoms with Crippen LogP contribution < -0.4 is 11.1 Å². The van der Waals surface area contributed by atoms with E-state index in [0.29, 0.717) is 18.9 Å². The number of aryl methyl sites for hydroxylation is 1. The number of hydrogen-bond acceptors (Lipinski definition) is 3. The molecule has 1 aromatic rings. The normalized spacial score (nSPS) is 12.5. The first-order chi connectivity index (χ1) is 8.51. The number of rotatable bonds is 6. The number of carbonyl (C=O) groups excluding carboxylic acids is 1. The summed E-state index contributed by atoms with van der Waals surface area (Å²) in [7, 11) is 0. The lowest BCUT2D eigenvalue weighted by Gasteiger charge is -2.16. The Bertz CT molecular complexity index is 390. The molecule has 0 aromatic carbocycles. The molecule has 3 N–H and O–H groups in total. The third-order valence-corrected chi connectivity index (χ3v) is 2.79. The largest absolute Gasteiger partial charge is 0.330 e. The van der Waals surface area contributed by atoms with Crippen molar-refractivity contribution < 1.29 is 4.79 Å². The van der Waals surface area contributed by atoms with Crippen molar-refractivity contribution in [3.8, 4) is 0 Å².